The molecule has 1 aliphatic carbocycles. The third-order valence-corrected chi connectivity index (χ3v) is 4.83. The summed E-state index contributed by atoms with van der Waals surface area (Å²) in [5.74, 6) is 0.924. The number of carbonyl (C=O) groups excluding carboxylic acids is 1. The highest BCUT2D eigenvalue weighted by Crippen LogP contribution is 2.27. The summed E-state index contributed by atoms with van der Waals surface area (Å²) in [7, 11) is 0. The predicted octanol–water partition coefficient (Wildman–Crippen LogP) is 3.32. The van der Waals surface area contributed by atoms with E-state index in [2.05, 4.69) is 35.8 Å². The summed E-state index contributed by atoms with van der Waals surface area (Å²) in [6.45, 7) is 1.95. The first kappa shape index (κ1) is 17.1. The van der Waals surface area contributed by atoms with Crippen LogP contribution in [0.15, 0.2) is 77.2 Å². The highest BCUT2D eigenvalue weighted by Gasteiger charge is 2.23. The summed E-state index contributed by atoms with van der Waals surface area (Å²) in [6, 6.07) is 7.64. The number of allylic oxidation sites excluding steroid dienone is 3. The van der Waals surface area contributed by atoms with Gasteiger partial charge in [0, 0.05) is 29.3 Å². The number of aromatic amines is 1. The molecule has 0 spiro atoms. The van der Waals surface area contributed by atoms with Crippen molar-refractivity contribution in [2.45, 2.75) is 6.92 Å². The van der Waals surface area contributed by atoms with Crippen molar-refractivity contribution in [1.82, 2.24) is 25.5 Å². The lowest BCUT2D eigenvalue weighted by molar-refractivity contribution is -0.116. The number of hydrogen-bond donors (Lipinski definition) is 3. The highest BCUT2D eigenvalue weighted by atomic mass is 16.1. The van der Waals surface area contributed by atoms with Crippen LogP contribution < -0.4 is 10.6 Å². The average Bonchev–Trinajstić information content (AvgIpc) is 3.18. The van der Waals surface area contributed by atoms with Gasteiger partial charge in [-0.25, -0.2) is 9.98 Å². The second-order valence-electron chi connectivity index (χ2n) is 6.85. The summed E-state index contributed by atoms with van der Waals surface area (Å²) in [4.78, 5) is 25.0. The Morgan fingerprint density at radius 2 is 2.14 bits per heavy atom. The Kier molecular flexibility index (Phi) is 4.02. The summed E-state index contributed by atoms with van der Waals surface area (Å²) >= 11 is 0. The van der Waals surface area contributed by atoms with Crippen molar-refractivity contribution in [3.63, 3.8) is 0 Å². The summed E-state index contributed by atoms with van der Waals surface area (Å²) in [6.07, 6.45) is 10.8. The van der Waals surface area contributed by atoms with E-state index in [0.29, 0.717) is 17.5 Å². The zero-order valence-corrected chi connectivity index (χ0v) is 15.5. The van der Waals surface area contributed by atoms with Crippen molar-refractivity contribution in [3.05, 3.63) is 72.2 Å². The van der Waals surface area contributed by atoms with Crippen LogP contribution in [-0.4, -0.2) is 31.8 Å². The van der Waals surface area contributed by atoms with Gasteiger partial charge in [-0.05, 0) is 37.3 Å². The first-order valence-electron chi connectivity index (χ1n) is 9.15. The molecule has 0 saturated carbocycles. The van der Waals surface area contributed by atoms with E-state index in [1.165, 1.54) is 0 Å². The highest BCUT2D eigenvalue weighted by molar-refractivity contribution is 6.07. The number of aromatic nitrogens is 4. The number of hydrogen-bond acceptors (Lipinski definition) is 6. The SMILES string of the molecule is CC1=CC(=O)NC2=C/C(=N\c3nccc(Nc4cccc5[nH]ncc45)n3)C=CC12. The second kappa shape index (κ2) is 6.83. The van der Waals surface area contributed by atoms with Crippen LogP contribution in [0.1, 0.15) is 6.92 Å². The molecule has 3 aromatic rings. The molecule has 5 rings (SSSR count). The molecule has 0 radical (unpaired) electrons. The maximum atomic E-state index is 11.8. The molecular weight excluding hydrogens is 366 g/mol. The molecule has 29 heavy (non-hydrogen) atoms. The van der Waals surface area contributed by atoms with E-state index in [-0.39, 0.29) is 11.8 Å². The number of carbonyl (C=O) groups is 1. The molecule has 1 amide bonds. The number of aliphatic imine (C=N–C) groups is 1. The number of anilines is 2. The van der Waals surface area contributed by atoms with Crippen molar-refractivity contribution in [2.75, 3.05) is 5.32 Å². The van der Waals surface area contributed by atoms with Crippen LogP contribution in [0, 0.1) is 5.92 Å². The van der Waals surface area contributed by atoms with Crippen LogP contribution >= 0.6 is 0 Å². The van der Waals surface area contributed by atoms with E-state index >= 15 is 0 Å². The van der Waals surface area contributed by atoms with Crippen LogP contribution in [0.5, 0.6) is 0 Å². The van der Waals surface area contributed by atoms with Crippen LogP contribution in [0.2, 0.25) is 0 Å². The van der Waals surface area contributed by atoms with Crippen molar-refractivity contribution in [1.29, 1.82) is 0 Å². The number of nitrogens with one attached hydrogen (secondary N) is 3. The molecule has 0 saturated heterocycles. The topological polar surface area (TPSA) is 108 Å². The largest absolute Gasteiger partial charge is 0.339 e. The van der Waals surface area contributed by atoms with Gasteiger partial charge in [-0.15, -0.1) is 0 Å². The Labute approximate surface area is 166 Å². The van der Waals surface area contributed by atoms with E-state index in [9.17, 15) is 4.79 Å². The maximum Gasteiger partial charge on any atom is 0.251 e. The van der Waals surface area contributed by atoms with Gasteiger partial charge in [0.2, 0.25) is 5.91 Å². The lowest BCUT2D eigenvalue weighted by Gasteiger charge is -2.25. The van der Waals surface area contributed by atoms with E-state index in [0.717, 1.165) is 27.9 Å². The van der Waals surface area contributed by atoms with Gasteiger partial charge in [0.1, 0.15) is 5.82 Å². The van der Waals surface area contributed by atoms with E-state index in [1.807, 2.05) is 43.4 Å². The van der Waals surface area contributed by atoms with E-state index < -0.39 is 0 Å². The average molecular weight is 383 g/mol. The number of benzene rings is 1. The first-order valence-corrected chi connectivity index (χ1v) is 9.15. The van der Waals surface area contributed by atoms with Gasteiger partial charge in [0.15, 0.2) is 0 Å². The minimum Gasteiger partial charge on any atom is -0.339 e. The molecule has 1 aromatic carbocycles. The number of nitrogens with zero attached hydrogens (tertiary/aromatic N) is 4. The third-order valence-electron chi connectivity index (χ3n) is 4.83. The molecule has 8 heteroatoms. The molecule has 2 aromatic heterocycles. The molecule has 1 unspecified atom stereocenters. The van der Waals surface area contributed by atoms with Gasteiger partial charge < -0.3 is 10.6 Å². The molecule has 1 atom stereocenters. The van der Waals surface area contributed by atoms with Gasteiger partial charge in [-0.1, -0.05) is 17.7 Å². The normalized spacial score (nSPS) is 19.6. The molecular formula is C21H17N7O. The second-order valence-corrected chi connectivity index (χ2v) is 6.85. The Bertz CT molecular complexity index is 1250. The fourth-order valence-electron chi connectivity index (χ4n) is 3.45. The Morgan fingerprint density at radius 1 is 1.21 bits per heavy atom. The zero-order chi connectivity index (χ0) is 19.8. The fraction of sp³-hybridized carbons (Fsp3) is 0.0952. The molecule has 3 N–H and O–H groups in total. The fourth-order valence-corrected chi connectivity index (χ4v) is 3.45. The lowest BCUT2D eigenvalue weighted by atomic mass is 9.89. The monoisotopic (exact) mass is 383 g/mol. The van der Waals surface area contributed by atoms with Gasteiger partial charge in [-0.2, -0.15) is 10.1 Å². The Balaban J connectivity index is 1.42. The Hall–Kier alpha value is -4.07. The molecule has 142 valence electrons. The molecule has 1 aliphatic heterocycles. The van der Waals surface area contributed by atoms with Gasteiger partial charge in [0.05, 0.1) is 23.1 Å². The van der Waals surface area contributed by atoms with Gasteiger partial charge in [0.25, 0.3) is 5.95 Å². The van der Waals surface area contributed by atoms with Gasteiger partial charge in [-0.3, -0.25) is 9.89 Å². The number of H-pyrrole nitrogens is 1. The van der Waals surface area contributed by atoms with Crippen molar-refractivity contribution < 1.29 is 4.79 Å². The predicted molar refractivity (Wildman–Crippen MR) is 111 cm³/mol. The maximum absolute atomic E-state index is 11.8. The molecule has 0 bridgehead atoms. The van der Waals surface area contributed by atoms with Crippen molar-refractivity contribution in [3.8, 4) is 0 Å². The number of amides is 1. The molecule has 3 heterocycles. The smallest absolute Gasteiger partial charge is 0.251 e. The van der Waals surface area contributed by atoms with Crippen LogP contribution in [0.25, 0.3) is 10.9 Å². The molecule has 8 nitrogen and oxygen atoms in total. The quantitative estimate of drug-likeness (QED) is 0.643. The van der Waals surface area contributed by atoms with E-state index in [4.69, 9.17) is 0 Å². The first-order chi connectivity index (χ1) is 14.2. The van der Waals surface area contributed by atoms with Gasteiger partial charge >= 0.3 is 0 Å². The zero-order valence-electron chi connectivity index (χ0n) is 15.5. The molecule has 2 aliphatic rings. The lowest BCUT2D eigenvalue weighted by Crippen LogP contribution is -2.32. The summed E-state index contributed by atoms with van der Waals surface area (Å²) < 4.78 is 0. The molecule has 0 fully saturated rings. The van der Waals surface area contributed by atoms with Crippen LogP contribution in [0.4, 0.5) is 17.5 Å². The van der Waals surface area contributed by atoms with E-state index in [1.54, 1.807) is 24.5 Å². The Morgan fingerprint density at radius 3 is 3.07 bits per heavy atom. The van der Waals surface area contributed by atoms with Crippen LogP contribution in [-0.2, 0) is 4.79 Å². The van der Waals surface area contributed by atoms with Crippen LogP contribution in [0.3, 0.4) is 0 Å². The number of rotatable bonds is 3. The van der Waals surface area contributed by atoms with Crippen molar-refractivity contribution in [2.24, 2.45) is 10.9 Å². The third kappa shape index (κ3) is 3.31. The standard InChI is InChI=1S/C21H17N7O/c1-12-9-20(29)26-18-10-13(5-6-14(12)18)24-21-22-8-7-19(27-21)25-16-3-2-4-17-15(16)11-23-28-17/h2-11,14H,1H3,(H,23,28)(H,26,29)(H,22,25,27)/b24-13-. The summed E-state index contributed by atoms with van der Waals surface area (Å²) in [5.41, 5.74) is 4.34. The van der Waals surface area contributed by atoms with Crippen molar-refractivity contribution >= 4 is 40.0 Å². The summed E-state index contributed by atoms with van der Waals surface area (Å²) in [5, 5.41) is 14.2. The minimum absolute atomic E-state index is 0.0796. The minimum atomic E-state index is -0.115. The number of fused-ring (bicyclic) bond motifs is 2.